The number of oxime groups is 1. The number of nitrogens with two attached hydrogens (primary N) is 1. The van der Waals surface area contributed by atoms with Gasteiger partial charge in [0.05, 0.1) is 5.56 Å². The van der Waals surface area contributed by atoms with Crippen LogP contribution < -0.4 is 10.6 Å². The third-order valence-electron chi connectivity index (χ3n) is 3.36. The van der Waals surface area contributed by atoms with E-state index in [1.807, 2.05) is 6.07 Å². The summed E-state index contributed by atoms with van der Waals surface area (Å²) in [6.07, 6.45) is 4.07. The van der Waals surface area contributed by atoms with Crippen LogP contribution in [0.4, 0.5) is 5.82 Å². The number of pyridine rings is 1. The number of hydrogen-bond acceptors (Lipinski definition) is 5. The van der Waals surface area contributed by atoms with Crippen LogP contribution in [0.15, 0.2) is 40.3 Å². The Morgan fingerprint density at radius 2 is 2.35 bits per heavy atom. The molecule has 2 aromatic heterocycles. The predicted molar refractivity (Wildman–Crippen MR) is 80.3 cm³/mol. The number of hydrogen-bond donors (Lipinski definition) is 2. The second-order valence-corrected chi connectivity index (χ2v) is 5.63. The van der Waals surface area contributed by atoms with Gasteiger partial charge in [0.25, 0.3) is 0 Å². The van der Waals surface area contributed by atoms with Crippen molar-refractivity contribution in [3.63, 3.8) is 0 Å². The van der Waals surface area contributed by atoms with Crippen LogP contribution in [0.2, 0.25) is 0 Å². The molecule has 0 unspecified atom stereocenters. The average molecular weight is 288 g/mol. The van der Waals surface area contributed by atoms with E-state index in [0.717, 1.165) is 25.2 Å². The van der Waals surface area contributed by atoms with E-state index < -0.39 is 0 Å². The summed E-state index contributed by atoms with van der Waals surface area (Å²) >= 11 is 1.69. The first-order valence-electron chi connectivity index (χ1n) is 6.50. The molecule has 0 bridgehead atoms. The molecule has 3 N–H and O–H groups in total. The molecular formula is C14H16N4OS. The van der Waals surface area contributed by atoms with Gasteiger partial charge in [0, 0.05) is 18.8 Å². The van der Waals surface area contributed by atoms with Gasteiger partial charge in [-0.25, -0.2) is 4.98 Å². The minimum absolute atomic E-state index is 0.101. The third kappa shape index (κ3) is 2.60. The van der Waals surface area contributed by atoms with Crippen molar-refractivity contribution in [2.45, 2.75) is 25.4 Å². The van der Waals surface area contributed by atoms with Crippen molar-refractivity contribution in [1.29, 1.82) is 0 Å². The molecule has 104 valence electrons. The molecule has 2 heterocycles. The van der Waals surface area contributed by atoms with Crippen LogP contribution in [0.3, 0.4) is 0 Å². The Morgan fingerprint density at radius 3 is 3.00 bits per heavy atom. The van der Waals surface area contributed by atoms with Crippen LogP contribution >= 0.6 is 11.3 Å². The van der Waals surface area contributed by atoms with Crippen LogP contribution in [0, 0.1) is 0 Å². The molecule has 1 aliphatic rings. The van der Waals surface area contributed by atoms with E-state index in [2.05, 4.69) is 31.9 Å². The molecule has 2 aromatic rings. The van der Waals surface area contributed by atoms with Gasteiger partial charge in [0.2, 0.25) is 0 Å². The summed E-state index contributed by atoms with van der Waals surface area (Å²) in [7, 11) is 0. The first-order chi connectivity index (χ1) is 9.79. The van der Waals surface area contributed by atoms with Gasteiger partial charge in [0.15, 0.2) is 5.84 Å². The van der Waals surface area contributed by atoms with Gasteiger partial charge in [-0.3, -0.25) is 0 Å². The van der Waals surface area contributed by atoms with Crippen molar-refractivity contribution < 1.29 is 5.21 Å². The highest BCUT2D eigenvalue weighted by Crippen LogP contribution is 2.33. The molecular weight excluding hydrogens is 272 g/mol. The standard InChI is InChI=1S/C14H16N4OS/c15-13(17-19)12-2-1-6-16-14(12)18(11-3-4-11)8-10-5-7-20-9-10/h1-2,5-7,9,11,19H,3-4,8H2,(H2,15,17). The van der Waals surface area contributed by atoms with Crippen LogP contribution in [0.25, 0.3) is 0 Å². The number of nitrogens with zero attached hydrogens (tertiary/aromatic N) is 3. The zero-order valence-electron chi connectivity index (χ0n) is 10.9. The molecule has 6 heteroatoms. The molecule has 1 aliphatic carbocycles. The molecule has 1 saturated carbocycles. The number of rotatable bonds is 5. The minimum Gasteiger partial charge on any atom is -0.409 e. The van der Waals surface area contributed by atoms with E-state index in [1.165, 1.54) is 5.56 Å². The summed E-state index contributed by atoms with van der Waals surface area (Å²) in [6.45, 7) is 0.802. The zero-order chi connectivity index (χ0) is 13.9. The van der Waals surface area contributed by atoms with Crippen molar-refractivity contribution >= 4 is 23.0 Å². The normalized spacial score (nSPS) is 15.3. The molecule has 1 fully saturated rings. The molecule has 0 radical (unpaired) electrons. The van der Waals surface area contributed by atoms with Crippen LogP contribution in [-0.2, 0) is 6.54 Å². The van der Waals surface area contributed by atoms with E-state index in [0.29, 0.717) is 11.6 Å². The second-order valence-electron chi connectivity index (χ2n) is 4.85. The topological polar surface area (TPSA) is 74.7 Å². The fourth-order valence-corrected chi connectivity index (χ4v) is 2.88. The van der Waals surface area contributed by atoms with Gasteiger partial charge in [-0.05, 0) is 47.4 Å². The Balaban J connectivity index is 1.95. The number of aromatic nitrogens is 1. The molecule has 0 saturated heterocycles. The van der Waals surface area contributed by atoms with Crippen LogP contribution in [0.5, 0.6) is 0 Å². The Bertz CT molecular complexity index is 607. The van der Waals surface area contributed by atoms with Crippen molar-refractivity contribution in [1.82, 2.24) is 4.98 Å². The van der Waals surface area contributed by atoms with E-state index >= 15 is 0 Å². The smallest absolute Gasteiger partial charge is 0.173 e. The quantitative estimate of drug-likeness (QED) is 0.383. The SMILES string of the molecule is NC(=NO)c1cccnc1N(Cc1ccsc1)C1CC1. The van der Waals surface area contributed by atoms with Crippen LogP contribution in [-0.4, -0.2) is 22.1 Å². The van der Waals surface area contributed by atoms with Gasteiger partial charge in [-0.2, -0.15) is 11.3 Å². The molecule has 0 atom stereocenters. The lowest BCUT2D eigenvalue weighted by atomic mass is 10.2. The lowest BCUT2D eigenvalue weighted by molar-refractivity contribution is 0.318. The maximum Gasteiger partial charge on any atom is 0.173 e. The first-order valence-corrected chi connectivity index (χ1v) is 7.44. The van der Waals surface area contributed by atoms with Crippen molar-refractivity contribution in [2.75, 3.05) is 4.90 Å². The largest absolute Gasteiger partial charge is 0.409 e. The van der Waals surface area contributed by atoms with Crippen LogP contribution in [0.1, 0.15) is 24.0 Å². The van der Waals surface area contributed by atoms with Gasteiger partial charge < -0.3 is 15.8 Å². The molecule has 20 heavy (non-hydrogen) atoms. The fourth-order valence-electron chi connectivity index (χ4n) is 2.22. The summed E-state index contributed by atoms with van der Waals surface area (Å²) in [5.41, 5.74) is 7.70. The Labute approximate surface area is 121 Å². The Hall–Kier alpha value is -2.08. The third-order valence-corrected chi connectivity index (χ3v) is 4.10. The Kier molecular flexibility index (Phi) is 3.56. The van der Waals surface area contributed by atoms with E-state index in [-0.39, 0.29) is 5.84 Å². The fraction of sp³-hybridized carbons (Fsp3) is 0.286. The highest BCUT2D eigenvalue weighted by Gasteiger charge is 2.31. The number of thiophene rings is 1. The molecule has 0 spiro atoms. The molecule has 3 rings (SSSR count). The number of anilines is 1. The van der Waals surface area contributed by atoms with Gasteiger partial charge in [0.1, 0.15) is 5.82 Å². The number of amidine groups is 1. The summed E-state index contributed by atoms with van der Waals surface area (Å²) in [4.78, 5) is 6.69. The zero-order valence-corrected chi connectivity index (χ0v) is 11.8. The maximum atomic E-state index is 8.92. The second kappa shape index (κ2) is 5.50. The van der Waals surface area contributed by atoms with Crippen molar-refractivity contribution in [3.8, 4) is 0 Å². The summed E-state index contributed by atoms with van der Waals surface area (Å²) in [6, 6.07) is 6.24. The predicted octanol–water partition coefficient (Wildman–Crippen LogP) is 2.41. The van der Waals surface area contributed by atoms with Gasteiger partial charge in [-0.1, -0.05) is 5.16 Å². The minimum atomic E-state index is 0.101. The highest BCUT2D eigenvalue weighted by molar-refractivity contribution is 7.07. The van der Waals surface area contributed by atoms with Gasteiger partial charge in [-0.15, -0.1) is 0 Å². The van der Waals surface area contributed by atoms with E-state index in [1.54, 1.807) is 23.6 Å². The van der Waals surface area contributed by atoms with E-state index in [4.69, 9.17) is 10.9 Å². The molecule has 0 aromatic carbocycles. The maximum absolute atomic E-state index is 8.92. The summed E-state index contributed by atoms with van der Waals surface area (Å²) < 4.78 is 0. The molecule has 0 amide bonds. The average Bonchev–Trinajstić information content (AvgIpc) is 3.20. The lowest BCUT2D eigenvalue weighted by Crippen LogP contribution is -2.29. The summed E-state index contributed by atoms with van der Waals surface area (Å²) in [5.74, 6) is 0.889. The lowest BCUT2D eigenvalue weighted by Gasteiger charge is -2.25. The molecule has 0 aliphatic heterocycles. The van der Waals surface area contributed by atoms with Gasteiger partial charge >= 0.3 is 0 Å². The summed E-state index contributed by atoms with van der Waals surface area (Å²) in [5, 5.41) is 16.2. The highest BCUT2D eigenvalue weighted by atomic mass is 32.1. The van der Waals surface area contributed by atoms with Crippen molar-refractivity contribution in [3.05, 3.63) is 46.3 Å². The molecule has 5 nitrogen and oxygen atoms in total. The first kappa shape index (κ1) is 12.9. The monoisotopic (exact) mass is 288 g/mol. The van der Waals surface area contributed by atoms with E-state index in [9.17, 15) is 0 Å². The van der Waals surface area contributed by atoms with Crippen molar-refractivity contribution in [2.24, 2.45) is 10.9 Å². The Morgan fingerprint density at radius 1 is 1.50 bits per heavy atom.